The number of rotatable bonds is 5. The molecule has 0 saturated carbocycles. The van der Waals surface area contributed by atoms with Gasteiger partial charge in [-0.3, -0.25) is 10.1 Å². The number of anilines is 1. The molecule has 0 spiro atoms. The molecular formula is C17H13F3N2O6. The van der Waals surface area contributed by atoms with Crippen LogP contribution in [0.4, 0.5) is 24.5 Å². The van der Waals surface area contributed by atoms with E-state index in [1.54, 1.807) is 0 Å². The number of nitrogens with one attached hydrogen (secondary N) is 1. The number of cyclic esters (lactones) is 1. The molecule has 3 rings (SSSR count). The molecule has 0 bridgehead atoms. The zero-order valence-electron chi connectivity index (χ0n) is 14.5. The van der Waals surface area contributed by atoms with Crippen molar-refractivity contribution < 1.29 is 37.1 Å². The number of ether oxygens (including phenoxy) is 3. The molecule has 0 aromatic heterocycles. The number of hydrogen-bond donors (Lipinski definition) is 1. The number of methoxy groups -OCH3 is 2. The van der Waals surface area contributed by atoms with Gasteiger partial charge in [-0.05, 0) is 24.3 Å². The third-order valence-corrected chi connectivity index (χ3v) is 4.10. The fourth-order valence-electron chi connectivity index (χ4n) is 2.83. The lowest BCUT2D eigenvalue weighted by atomic mass is 10.1. The van der Waals surface area contributed by atoms with Crippen molar-refractivity contribution in [2.75, 3.05) is 19.5 Å². The van der Waals surface area contributed by atoms with Gasteiger partial charge in [-0.1, -0.05) is 0 Å². The first-order valence-corrected chi connectivity index (χ1v) is 7.75. The maximum atomic E-state index is 12.8. The van der Waals surface area contributed by atoms with Crippen LogP contribution in [-0.2, 0) is 10.9 Å². The van der Waals surface area contributed by atoms with Gasteiger partial charge in [0.05, 0.1) is 24.7 Å². The predicted molar refractivity (Wildman–Crippen MR) is 89.4 cm³/mol. The van der Waals surface area contributed by atoms with Gasteiger partial charge in [-0.2, -0.15) is 13.2 Å². The van der Waals surface area contributed by atoms with Gasteiger partial charge in [0.1, 0.15) is 11.3 Å². The number of alkyl halides is 3. The van der Waals surface area contributed by atoms with E-state index in [1.807, 2.05) is 0 Å². The number of carbonyl (C=O) groups is 1. The second-order valence-electron chi connectivity index (χ2n) is 5.68. The smallest absolute Gasteiger partial charge is 0.416 e. The van der Waals surface area contributed by atoms with Crippen LogP contribution in [-0.4, -0.2) is 25.1 Å². The molecule has 148 valence electrons. The first-order valence-electron chi connectivity index (χ1n) is 7.75. The molecule has 1 atom stereocenters. The Morgan fingerprint density at radius 1 is 1.18 bits per heavy atom. The monoisotopic (exact) mass is 398 g/mol. The van der Waals surface area contributed by atoms with Crippen molar-refractivity contribution in [2.45, 2.75) is 12.4 Å². The summed E-state index contributed by atoms with van der Waals surface area (Å²) in [5.74, 6) is -0.367. The van der Waals surface area contributed by atoms with E-state index in [2.05, 4.69) is 5.32 Å². The van der Waals surface area contributed by atoms with E-state index >= 15 is 0 Å². The molecule has 0 amide bonds. The lowest BCUT2D eigenvalue weighted by molar-refractivity contribution is -0.384. The Kier molecular flexibility index (Phi) is 4.75. The highest BCUT2D eigenvalue weighted by atomic mass is 19.4. The lowest BCUT2D eigenvalue weighted by Gasteiger charge is -2.16. The van der Waals surface area contributed by atoms with Crippen LogP contribution in [0.5, 0.6) is 11.5 Å². The molecule has 28 heavy (non-hydrogen) atoms. The number of nitro groups is 1. The lowest BCUT2D eigenvalue weighted by Crippen LogP contribution is -2.13. The molecule has 1 heterocycles. The maximum absolute atomic E-state index is 12.8. The second kappa shape index (κ2) is 6.91. The van der Waals surface area contributed by atoms with Crippen molar-refractivity contribution in [2.24, 2.45) is 0 Å². The first-order chi connectivity index (χ1) is 13.2. The molecule has 1 aliphatic rings. The summed E-state index contributed by atoms with van der Waals surface area (Å²) in [7, 11) is 2.71. The fourth-order valence-corrected chi connectivity index (χ4v) is 2.83. The standard InChI is InChI=1S/C17H13F3N2O6/c1-26-12-6-4-9-13(14(12)27-2)16(23)28-15(9)21-10-5-3-8(17(18,19)20)7-11(10)22(24)25/h3-7,15,21H,1-2H3/t15-/m0/s1. The number of benzene rings is 2. The summed E-state index contributed by atoms with van der Waals surface area (Å²) in [6.07, 6.45) is -5.89. The van der Waals surface area contributed by atoms with E-state index in [-0.39, 0.29) is 22.7 Å². The van der Waals surface area contributed by atoms with Gasteiger partial charge in [0, 0.05) is 11.6 Å². The normalized spacial score (nSPS) is 15.6. The molecule has 2 aromatic rings. The Labute approximate surface area is 156 Å². The topological polar surface area (TPSA) is 99.9 Å². The Hall–Kier alpha value is -3.50. The molecular weight excluding hydrogens is 385 g/mol. The fraction of sp³-hybridized carbons (Fsp3) is 0.235. The summed E-state index contributed by atoms with van der Waals surface area (Å²) < 4.78 is 54.0. The highest BCUT2D eigenvalue weighted by molar-refractivity contribution is 5.98. The van der Waals surface area contributed by atoms with Gasteiger partial charge in [0.15, 0.2) is 11.5 Å². The van der Waals surface area contributed by atoms with E-state index in [0.717, 1.165) is 6.07 Å². The summed E-state index contributed by atoms with van der Waals surface area (Å²) >= 11 is 0. The molecule has 11 heteroatoms. The summed E-state index contributed by atoms with van der Waals surface area (Å²) in [4.78, 5) is 22.5. The van der Waals surface area contributed by atoms with Crippen molar-refractivity contribution in [3.63, 3.8) is 0 Å². The van der Waals surface area contributed by atoms with Gasteiger partial charge in [-0.15, -0.1) is 0 Å². The summed E-state index contributed by atoms with van der Waals surface area (Å²) in [5.41, 5.74) is -1.84. The maximum Gasteiger partial charge on any atom is 0.416 e. The van der Waals surface area contributed by atoms with Gasteiger partial charge in [0.2, 0.25) is 6.23 Å². The number of nitro benzene ring substituents is 1. The van der Waals surface area contributed by atoms with Crippen LogP contribution in [0.25, 0.3) is 0 Å². The van der Waals surface area contributed by atoms with Gasteiger partial charge in [-0.25, -0.2) is 4.79 Å². The number of carbonyl (C=O) groups excluding carboxylic acids is 1. The van der Waals surface area contributed by atoms with Crippen molar-refractivity contribution in [1.29, 1.82) is 0 Å². The minimum absolute atomic E-state index is 0.0638. The minimum Gasteiger partial charge on any atom is -0.493 e. The molecule has 0 saturated heterocycles. The SMILES string of the molecule is COc1ccc2c(c1OC)C(=O)O[C@@H]2Nc1ccc(C(F)(F)F)cc1[N+](=O)[O-]. The van der Waals surface area contributed by atoms with Crippen molar-refractivity contribution in [3.05, 3.63) is 57.1 Å². The zero-order valence-corrected chi connectivity index (χ0v) is 14.5. The van der Waals surface area contributed by atoms with Gasteiger partial charge in [0.25, 0.3) is 5.69 Å². The van der Waals surface area contributed by atoms with Crippen LogP contribution < -0.4 is 14.8 Å². The molecule has 0 aliphatic carbocycles. The van der Waals surface area contributed by atoms with E-state index in [4.69, 9.17) is 14.2 Å². The first kappa shape index (κ1) is 19.3. The van der Waals surface area contributed by atoms with E-state index in [1.165, 1.54) is 26.4 Å². The van der Waals surface area contributed by atoms with Crippen LogP contribution in [0.3, 0.4) is 0 Å². The third kappa shape index (κ3) is 3.26. The van der Waals surface area contributed by atoms with Gasteiger partial charge >= 0.3 is 12.1 Å². The Morgan fingerprint density at radius 2 is 1.89 bits per heavy atom. The predicted octanol–water partition coefficient (Wildman–Crippen LogP) is 3.91. The van der Waals surface area contributed by atoms with E-state index in [0.29, 0.717) is 17.7 Å². The van der Waals surface area contributed by atoms with Crippen LogP contribution in [0.1, 0.15) is 27.7 Å². The van der Waals surface area contributed by atoms with Crippen LogP contribution in [0.15, 0.2) is 30.3 Å². The third-order valence-electron chi connectivity index (χ3n) is 4.10. The minimum atomic E-state index is -4.74. The summed E-state index contributed by atoms with van der Waals surface area (Å²) in [6.45, 7) is 0. The highest BCUT2D eigenvalue weighted by Gasteiger charge is 2.38. The van der Waals surface area contributed by atoms with Crippen LogP contribution in [0.2, 0.25) is 0 Å². The molecule has 1 N–H and O–H groups in total. The molecule has 0 unspecified atom stereocenters. The van der Waals surface area contributed by atoms with Crippen LogP contribution in [0, 0.1) is 10.1 Å². The number of fused-ring (bicyclic) bond motifs is 1. The quantitative estimate of drug-likeness (QED) is 0.463. The van der Waals surface area contributed by atoms with E-state index < -0.39 is 34.5 Å². The van der Waals surface area contributed by atoms with Crippen molar-refractivity contribution >= 4 is 17.3 Å². The zero-order chi connectivity index (χ0) is 20.6. The summed E-state index contributed by atoms with van der Waals surface area (Å²) in [6, 6.07) is 5.02. The number of nitrogens with zero attached hydrogens (tertiary/aromatic N) is 1. The second-order valence-corrected chi connectivity index (χ2v) is 5.68. The largest absolute Gasteiger partial charge is 0.493 e. The highest BCUT2D eigenvalue weighted by Crippen LogP contribution is 2.43. The Balaban J connectivity index is 2.01. The number of hydrogen-bond acceptors (Lipinski definition) is 7. The van der Waals surface area contributed by atoms with Crippen molar-refractivity contribution in [3.8, 4) is 11.5 Å². The van der Waals surface area contributed by atoms with Crippen molar-refractivity contribution in [1.82, 2.24) is 0 Å². The van der Waals surface area contributed by atoms with Gasteiger partial charge < -0.3 is 19.5 Å². The summed E-state index contributed by atoms with van der Waals surface area (Å²) in [5, 5.41) is 13.8. The number of esters is 1. The molecule has 0 radical (unpaired) electrons. The molecule has 0 fully saturated rings. The molecule has 1 aliphatic heterocycles. The average molecular weight is 398 g/mol. The number of halogens is 3. The van der Waals surface area contributed by atoms with Crippen LogP contribution >= 0.6 is 0 Å². The molecule has 2 aromatic carbocycles. The van der Waals surface area contributed by atoms with E-state index in [9.17, 15) is 28.1 Å². The Bertz CT molecular complexity index is 961. The Morgan fingerprint density at radius 3 is 2.46 bits per heavy atom. The molecule has 8 nitrogen and oxygen atoms in total. The average Bonchev–Trinajstić information content (AvgIpc) is 2.95.